The molecule has 0 bridgehead atoms. The van der Waals surface area contributed by atoms with Crippen LogP contribution in [0.1, 0.15) is 27.2 Å². The highest BCUT2D eigenvalue weighted by Crippen LogP contribution is 2.05. The monoisotopic (exact) mass is 245 g/mol. The van der Waals surface area contributed by atoms with Gasteiger partial charge in [-0.1, -0.05) is 13.8 Å². The van der Waals surface area contributed by atoms with E-state index in [-0.39, 0.29) is 24.7 Å². The number of nitrogens with one attached hydrogen (secondary N) is 2. The molecule has 102 valence electrons. The van der Waals surface area contributed by atoms with Gasteiger partial charge in [0.1, 0.15) is 0 Å². The molecule has 0 aromatic rings. The van der Waals surface area contributed by atoms with Crippen molar-refractivity contribution in [1.82, 2.24) is 15.5 Å². The fourth-order valence-electron chi connectivity index (χ4n) is 1.69. The second kappa shape index (κ2) is 8.31. The van der Waals surface area contributed by atoms with Gasteiger partial charge >= 0.3 is 6.03 Å². The minimum atomic E-state index is -0.214. The molecule has 17 heavy (non-hydrogen) atoms. The van der Waals surface area contributed by atoms with Gasteiger partial charge in [0.05, 0.1) is 12.6 Å². The molecule has 0 aromatic carbocycles. The van der Waals surface area contributed by atoms with E-state index in [4.69, 9.17) is 5.11 Å². The van der Waals surface area contributed by atoms with E-state index in [2.05, 4.69) is 29.4 Å². The van der Waals surface area contributed by atoms with Crippen LogP contribution in [0.5, 0.6) is 0 Å². The molecule has 0 spiro atoms. The van der Waals surface area contributed by atoms with Crippen molar-refractivity contribution < 1.29 is 9.90 Å². The van der Waals surface area contributed by atoms with Crippen LogP contribution in [0, 0.1) is 5.92 Å². The van der Waals surface area contributed by atoms with Crippen molar-refractivity contribution in [2.45, 2.75) is 39.3 Å². The van der Waals surface area contributed by atoms with Gasteiger partial charge in [-0.05, 0) is 33.4 Å². The van der Waals surface area contributed by atoms with E-state index in [1.165, 1.54) is 0 Å². The number of rotatable bonds is 7. The van der Waals surface area contributed by atoms with Gasteiger partial charge in [-0.15, -0.1) is 0 Å². The minimum Gasteiger partial charge on any atom is -0.394 e. The molecule has 2 atom stereocenters. The summed E-state index contributed by atoms with van der Waals surface area (Å²) in [7, 11) is 3.98. The Morgan fingerprint density at radius 3 is 2.24 bits per heavy atom. The number of amides is 2. The molecule has 0 fully saturated rings. The molecule has 0 heterocycles. The van der Waals surface area contributed by atoms with Gasteiger partial charge in [-0.2, -0.15) is 0 Å². The van der Waals surface area contributed by atoms with Gasteiger partial charge < -0.3 is 20.6 Å². The number of carbonyl (C=O) groups excluding carboxylic acids is 1. The number of likely N-dealkylation sites (N-methyl/N-ethyl adjacent to an activating group) is 1. The highest BCUT2D eigenvalue weighted by molar-refractivity contribution is 5.74. The van der Waals surface area contributed by atoms with Gasteiger partial charge in [0.15, 0.2) is 0 Å². The quantitative estimate of drug-likeness (QED) is 0.617. The molecule has 0 saturated carbocycles. The van der Waals surface area contributed by atoms with E-state index >= 15 is 0 Å². The summed E-state index contributed by atoms with van der Waals surface area (Å²) < 4.78 is 0. The fourth-order valence-corrected chi connectivity index (χ4v) is 1.69. The number of hydrogen-bond donors (Lipinski definition) is 3. The summed E-state index contributed by atoms with van der Waals surface area (Å²) >= 11 is 0. The second-order valence-electron chi connectivity index (χ2n) is 5.29. The van der Waals surface area contributed by atoms with E-state index in [9.17, 15) is 4.79 Å². The maximum atomic E-state index is 11.6. The van der Waals surface area contributed by atoms with Crippen LogP contribution in [0.25, 0.3) is 0 Å². The molecule has 5 heteroatoms. The van der Waals surface area contributed by atoms with Crippen molar-refractivity contribution in [3.63, 3.8) is 0 Å². The van der Waals surface area contributed by atoms with Gasteiger partial charge in [-0.3, -0.25) is 0 Å². The molecule has 0 aromatic heterocycles. The molecule has 5 nitrogen and oxygen atoms in total. The molecule has 0 aliphatic heterocycles. The Labute approximate surface area is 105 Å². The van der Waals surface area contributed by atoms with Crippen LogP contribution < -0.4 is 10.6 Å². The lowest BCUT2D eigenvalue weighted by Crippen LogP contribution is -2.49. The number of carbonyl (C=O) groups is 1. The highest BCUT2D eigenvalue weighted by atomic mass is 16.3. The van der Waals surface area contributed by atoms with Gasteiger partial charge in [0.2, 0.25) is 0 Å². The normalized spacial score (nSPS) is 14.8. The molecule has 0 saturated heterocycles. The van der Waals surface area contributed by atoms with Crippen LogP contribution in [0.3, 0.4) is 0 Å². The fraction of sp³-hybridized carbons (Fsp3) is 0.917. The summed E-state index contributed by atoms with van der Waals surface area (Å²) in [4.78, 5) is 13.7. The first-order chi connectivity index (χ1) is 7.85. The molecule has 0 radical (unpaired) electrons. The van der Waals surface area contributed by atoms with Crippen LogP contribution in [-0.4, -0.2) is 55.4 Å². The summed E-state index contributed by atoms with van der Waals surface area (Å²) in [6.07, 6.45) is 0.944. The zero-order valence-electron chi connectivity index (χ0n) is 11.7. The van der Waals surface area contributed by atoms with Crippen molar-refractivity contribution in [2.24, 2.45) is 5.92 Å². The predicted molar refractivity (Wildman–Crippen MR) is 70.0 cm³/mol. The first-order valence-electron chi connectivity index (χ1n) is 6.17. The van der Waals surface area contributed by atoms with Crippen molar-refractivity contribution >= 4 is 6.03 Å². The van der Waals surface area contributed by atoms with Gasteiger partial charge in [0, 0.05) is 12.6 Å². The number of hydrogen-bond acceptors (Lipinski definition) is 3. The van der Waals surface area contributed by atoms with Crippen molar-refractivity contribution in [2.75, 3.05) is 27.2 Å². The smallest absolute Gasteiger partial charge is 0.315 e. The van der Waals surface area contributed by atoms with Crippen LogP contribution in [0.2, 0.25) is 0 Å². The Morgan fingerprint density at radius 2 is 1.82 bits per heavy atom. The molecule has 2 amide bonds. The molecule has 3 N–H and O–H groups in total. The molecule has 2 unspecified atom stereocenters. The Bertz CT molecular complexity index is 210. The SMILES string of the molecule is CC(C)CC(CN(C)C)NC(=O)NC(C)CO. The molecular formula is C12H27N3O2. The molecular weight excluding hydrogens is 218 g/mol. The Kier molecular flexibility index (Phi) is 7.91. The van der Waals surface area contributed by atoms with Crippen LogP contribution >= 0.6 is 0 Å². The zero-order valence-corrected chi connectivity index (χ0v) is 11.7. The third-order valence-electron chi connectivity index (χ3n) is 2.33. The third-order valence-corrected chi connectivity index (χ3v) is 2.33. The van der Waals surface area contributed by atoms with Crippen LogP contribution in [0.15, 0.2) is 0 Å². The number of nitrogens with zero attached hydrogens (tertiary/aromatic N) is 1. The standard InChI is InChI=1S/C12H27N3O2/c1-9(2)6-11(7-15(4)5)14-12(17)13-10(3)8-16/h9-11,16H,6-8H2,1-5H3,(H2,13,14,17). The maximum Gasteiger partial charge on any atom is 0.315 e. The van der Waals surface area contributed by atoms with E-state index in [1.54, 1.807) is 6.92 Å². The van der Waals surface area contributed by atoms with E-state index < -0.39 is 0 Å². The summed E-state index contributed by atoms with van der Waals surface area (Å²) in [6, 6.07) is -0.288. The van der Waals surface area contributed by atoms with Crippen molar-refractivity contribution in [1.29, 1.82) is 0 Å². The lowest BCUT2D eigenvalue weighted by Gasteiger charge is -2.24. The Morgan fingerprint density at radius 1 is 1.24 bits per heavy atom. The van der Waals surface area contributed by atoms with Crippen LogP contribution in [0.4, 0.5) is 4.79 Å². The number of aliphatic hydroxyl groups excluding tert-OH is 1. The van der Waals surface area contributed by atoms with E-state index in [0.29, 0.717) is 5.92 Å². The second-order valence-corrected chi connectivity index (χ2v) is 5.29. The average molecular weight is 245 g/mol. The minimum absolute atomic E-state index is 0.0457. The lowest BCUT2D eigenvalue weighted by atomic mass is 10.0. The summed E-state index contributed by atoms with van der Waals surface area (Å²) in [5, 5.41) is 14.5. The van der Waals surface area contributed by atoms with E-state index in [1.807, 2.05) is 14.1 Å². The number of urea groups is 1. The summed E-state index contributed by atoms with van der Waals surface area (Å²) in [6.45, 7) is 6.81. The largest absolute Gasteiger partial charge is 0.394 e. The average Bonchev–Trinajstić information content (AvgIpc) is 2.14. The molecule has 0 rings (SSSR count). The molecule has 0 aliphatic carbocycles. The third kappa shape index (κ3) is 8.94. The highest BCUT2D eigenvalue weighted by Gasteiger charge is 2.15. The Balaban J connectivity index is 4.17. The van der Waals surface area contributed by atoms with Crippen molar-refractivity contribution in [3.8, 4) is 0 Å². The van der Waals surface area contributed by atoms with Crippen LogP contribution in [-0.2, 0) is 0 Å². The topological polar surface area (TPSA) is 64.6 Å². The predicted octanol–water partition coefficient (Wildman–Crippen LogP) is 0.643. The first-order valence-corrected chi connectivity index (χ1v) is 6.17. The van der Waals surface area contributed by atoms with Crippen molar-refractivity contribution in [3.05, 3.63) is 0 Å². The Hall–Kier alpha value is -0.810. The zero-order chi connectivity index (χ0) is 13.4. The van der Waals surface area contributed by atoms with Gasteiger partial charge in [0.25, 0.3) is 0 Å². The maximum absolute atomic E-state index is 11.6. The lowest BCUT2D eigenvalue weighted by molar-refractivity contribution is 0.212. The first kappa shape index (κ1) is 16.2. The summed E-state index contributed by atoms with van der Waals surface area (Å²) in [5.74, 6) is 0.538. The number of aliphatic hydroxyl groups is 1. The van der Waals surface area contributed by atoms with Gasteiger partial charge in [-0.25, -0.2) is 4.79 Å². The molecule has 0 aliphatic rings. The van der Waals surface area contributed by atoms with E-state index in [0.717, 1.165) is 13.0 Å². The summed E-state index contributed by atoms with van der Waals surface area (Å²) in [5.41, 5.74) is 0.